The third-order valence-electron chi connectivity index (χ3n) is 3.41. The first-order chi connectivity index (χ1) is 7.67. The minimum absolute atomic E-state index is 0.745. The first-order valence-electron chi connectivity index (χ1n) is 6.48. The lowest BCUT2D eigenvalue weighted by atomic mass is 10.4. The minimum Gasteiger partial charge on any atom is -0.334 e. The number of rotatable bonds is 6. The largest absolute Gasteiger partial charge is 0.334 e. The number of hydrogen-bond donors (Lipinski definition) is 1. The van der Waals surface area contributed by atoms with Gasteiger partial charge in [-0.15, -0.1) is 0 Å². The van der Waals surface area contributed by atoms with E-state index in [4.69, 9.17) is 0 Å². The van der Waals surface area contributed by atoms with Crippen molar-refractivity contribution in [1.82, 2.24) is 4.98 Å². The highest BCUT2D eigenvalue weighted by atomic mass is 28.3. The van der Waals surface area contributed by atoms with Gasteiger partial charge in [-0.2, -0.15) is 0 Å². The van der Waals surface area contributed by atoms with Crippen molar-refractivity contribution in [3.05, 3.63) is 30.3 Å². The lowest BCUT2D eigenvalue weighted by molar-refractivity contribution is 0.851. The van der Waals surface area contributed by atoms with Crippen LogP contribution in [0.25, 0.3) is 0 Å². The van der Waals surface area contributed by atoms with Crippen LogP contribution in [0, 0.1) is 0 Å². The molecular formula is C14H25NSi. The first kappa shape index (κ1) is 13.5. The van der Waals surface area contributed by atoms with E-state index in [0.717, 1.165) is 12.1 Å². The summed E-state index contributed by atoms with van der Waals surface area (Å²) in [5.74, 6) is 0. The summed E-state index contributed by atoms with van der Waals surface area (Å²) < 4.78 is 0. The number of nitrogens with one attached hydrogen (secondary N) is 1. The van der Waals surface area contributed by atoms with Crippen LogP contribution in [0.4, 0.5) is 0 Å². The SMILES string of the molecule is CCC[Si](NCC)(c1ccccc1)C(C)C. The molecule has 0 saturated heterocycles. The summed E-state index contributed by atoms with van der Waals surface area (Å²) >= 11 is 0. The molecule has 0 heterocycles. The molecule has 0 aliphatic rings. The average molecular weight is 235 g/mol. The third kappa shape index (κ3) is 2.74. The summed E-state index contributed by atoms with van der Waals surface area (Å²) in [5.41, 5.74) is 0.745. The van der Waals surface area contributed by atoms with Gasteiger partial charge in [0.15, 0.2) is 8.24 Å². The average Bonchev–Trinajstić information content (AvgIpc) is 2.29. The molecule has 0 aromatic heterocycles. The Bertz CT molecular complexity index is 289. The topological polar surface area (TPSA) is 12.0 Å². The van der Waals surface area contributed by atoms with Gasteiger partial charge in [-0.05, 0) is 23.3 Å². The van der Waals surface area contributed by atoms with E-state index in [-0.39, 0.29) is 0 Å². The van der Waals surface area contributed by atoms with E-state index in [0.29, 0.717) is 0 Å². The molecular weight excluding hydrogens is 210 g/mol. The van der Waals surface area contributed by atoms with E-state index in [1.165, 1.54) is 12.5 Å². The summed E-state index contributed by atoms with van der Waals surface area (Å²) in [6.07, 6.45) is 1.27. The van der Waals surface area contributed by atoms with Gasteiger partial charge < -0.3 is 4.98 Å². The lowest BCUT2D eigenvalue weighted by Gasteiger charge is -2.36. The molecule has 0 saturated carbocycles. The Hall–Kier alpha value is -0.603. The molecule has 1 aromatic carbocycles. The van der Waals surface area contributed by atoms with E-state index >= 15 is 0 Å². The second kappa shape index (κ2) is 6.21. The Balaban J connectivity index is 3.10. The van der Waals surface area contributed by atoms with Gasteiger partial charge in [0, 0.05) is 0 Å². The van der Waals surface area contributed by atoms with Gasteiger partial charge >= 0.3 is 0 Å². The van der Waals surface area contributed by atoms with Crippen molar-refractivity contribution < 1.29 is 0 Å². The molecule has 16 heavy (non-hydrogen) atoms. The van der Waals surface area contributed by atoms with E-state index in [1.54, 1.807) is 5.19 Å². The van der Waals surface area contributed by atoms with Crippen LogP contribution in [0.1, 0.15) is 34.1 Å². The molecule has 0 radical (unpaired) electrons. The smallest absolute Gasteiger partial charge is 0.160 e. The highest BCUT2D eigenvalue weighted by Gasteiger charge is 2.36. The van der Waals surface area contributed by atoms with Gasteiger partial charge in [0.05, 0.1) is 0 Å². The van der Waals surface area contributed by atoms with Crippen molar-refractivity contribution in [2.24, 2.45) is 0 Å². The van der Waals surface area contributed by atoms with Crippen molar-refractivity contribution in [2.45, 2.75) is 45.7 Å². The summed E-state index contributed by atoms with van der Waals surface area (Å²) in [5, 5.41) is 1.56. The van der Waals surface area contributed by atoms with Gasteiger partial charge in [0.25, 0.3) is 0 Å². The predicted molar refractivity (Wildman–Crippen MR) is 75.7 cm³/mol. The monoisotopic (exact) mass is 235 g/mol. The molecule has 1 atom stereocenters. The summed E-state index contributed by atoms with van der Waals surface area (Å²) in [4.78, 5) is 3.85. The zero-order chi connectivity index (χ0) is 12.0. The molecule has 1 nitrogen and oxygen atoms in total. The molecule has 0 amide bonds. The van der Waals surface area contributed by atoms with E-state index in [1.807, 2.05) is 0 Å². The van der Waals surface area contributed by atoms with Gasteiger partial charge in [-0.3, -0.25) is 0 Å². The standard InChI is InChI=1S/C14H25NSi/c1-5-12-16(13(3)4,15-6-2)14-10-8-7-9-11-14/h7-11,13,15H,5-6,12H2,1-4H3. The molecule has 1 aromatic rings. The fraction of sp³-hybridized carbons (Fsp3) is 0.571. The maximum Gasteiger partial charge on any atom is 0.160 e. The van der Waals surface area contributed by atoms with E-state index in [9.17, 15) is 0 Å². The van der Waals surface area contributed by atoms with Gasteiger partial charge in [-0.1, -0.05) is 64.4 Å². The summed E-state index contributed by atoms with van der Waals surface area (Å²) in [7, 11) is -1.50. The minimum atomic E-state index is -1.50. The Kier molecular flexibility index (Phi) is 5.23. The Labute approximate surface area is 101 Å². The molecule has 1 unspecified atom stereocenters. The van der Waals surface area contributed by atoms with Crippen LogP contribution in [0.5, 0.6) is 0 Å². The van der Waals surface area contributed by atoms with Crippen molar-refractivity contribution >= 4 is 13.4 Å². The van der Waals surface area contributed by atoms with Crippen LogP contribution in [-0.4, -0.2) is 14.8 Å². The molecule has 0 aliphatic heterocycles. The van der Waals surface area contributed by atoms with Crippen LogP contribution in [0.2, 0.25) is 11.6 Å². The first-order valence-corrected chi connectivity index (χ1v) is 8.76. The van der Waals surface area contributed by atoms with E-state index in [2.05, 4.69) is 63.0 Å². The Morgan fingerprint density at radius 3 is 2.19 bits per heavy atom. The quantitative estimate of drug-likeness (QED) is 0.746. The van der Waals surface area contributed by atoms with Crippen LogP contribution in [0.3, 0.4) is 0 Å². The highest BCUT2D eigenvalue weighted by molar-refractivity contribution is 6.90. The zero-order valence-electron chi connectivity index (χ0n) is 11.1. The molecule has 2 heteroatoms. The van der Waals surface area contributed by atoms with Crippen molar-refractivity contribution in [3.8, 4) is 0 Å². The lowest BCUT2D eigenvalue weighted by Crippen LogP contribution is -2.62. The van der Waals surface area contributed by atoms with Gasteiger partial charge in [0.1, 0.15) is 0 Å². The maximum atomic E-state index is 3.85. The van der Waals surface area contributed by atoms with Crippen molar-refractivity contribution in [3.63, 3.8) is 0 Å². The van der Waals surface area contributed by atoms with Crippen LogP contribution >= 0.6 is 0 Å². The fourth-order valence-corrected chi connectivity index (χ4v) is 7.13. The normalized spacial score (nSPS) is 15.1. The molecule has 0 bridgehead atoms. The second-order valence-electron chi connectivity index (χ2n) is 4.77. The van der Waals surface area contributed by atoms with Crippen LogP contribution < -0.4 is 10.2 Å². The molecule has 90 valence electrons. The zero-order valence-corrected chi connectivity index (χ0v) is 12.1. The highest BCUT2D eigenvalue weighted by Crippen LogP contribution is 2.23. The van der Waals surface area contributed by atoms with Crippen molar-refractivity contribution in [2.75, 3.05) is 6.54 Å². The van der Waals surface area contributed by atoms with Crippen LogP contribution in [-0.2, 0) is 0 Å². The Morgan fingerprint density at radius 1 is 1.12 bits per heavy atom. The molecule has 1 rings (SSSR count). The molecule has 0 aliphatic carbocycles. The second-order valence-corrected chi connectivity index (χ2v) is 9.30. The molecule has 0 fully saturated rings. The van der Waals surface area contributed by atoms with Gasteiger partial charge in [0.2, 0.25) is 0 Å². The van der Waals surface area contributed by atoms with Gasteiger partial charge in [-0.25, -0.2) is 0 Å². The maximum absolute atomic E-state index is 3.85. The Morgan fingerprint density at radius 2 is 1.75 bits per heavy atom. The third-order valence-corrected chi connectivity index (χ3v) is 9.02. The van der Waals surface area contributed by atoms with E-state index < -0.39 is 8.24 Å². The predicted octanol–water partition coefficient (Wildman–Crippen LogP) is 3.27. The molecule has 1 N–H and O–H groups in total. The number of hydrogen-bond acceptors (Lipinski definition) is 1. The van der Waals surface area contributed by atoms with Crippen molar-refractivity contribution in [1.29, 1.82) is 0 Å². The van der Waals surface area contributed by atoms with Crippen LogP contribution in [0.15, 0.2) is 30.3 Å². The molecule has 0 spiro atoms. The fourth-order valence-electron chi connectivity index (χ4n) is 2.61. The summed E-state index contributed by atoms with van der Waals surface area (Å²) in [6.45, 7) is 10.3. The summed E-state index contributed by atoms with van der Waals surface area (Å²) in [6, 6.07) is 12.4. The number of benzene rings is 1.